The Kier molecular flexibility index (Phi) is 3.64. The van der Waals surface area contributed by atoms with Crippen LogP contribution in [0.15, 0.2) is 24.3 Å². The molecule has 1 aromatic carbocycles. The Morgan fingerprint density at radius 3 is 2.60 bits per heavy atom. The lowest BCUT2D eigenvalue weighted by molar-refractivity contribution is -0.497. The van der Waals surface area contributed by atoms with Crippen molar-refractivity contribution in [2.75, 3.05) is 0 Å². The molecule has 1 aliphatic rings. The normalized spacial score (nSPS) is 21.9. The summed E-state index contributed by atoms with van der Waals surface area (Å²) in [6.07, 6.45) is 0.113. The van der Waals surface area contributed by atoms with Crippen LogP contribution in [0.3, 0.4) is 0 Å². The van der Waals surface area contributed by atoms with Gasteiger partial charge < -0.3 is 11.1 Å². The highest BCUT2D eigenvalue weighted by Gasteiger charge is 2.53. The predicted octanol–water partition coefficient (Wildman–Crippen LogP) is 0.134. The summed E-state index contributed by atoms with van der Waals surface area (Å²) in [4.78, 5) is 33.1. The van der Waals surface area contributed by atoms with Crippen LogP contribution in [-0.2, 0) is 9.59 Å². The second-order valence-electron chi connectivity index (χ2n) is 4.56. The molecular formula is C12H12FN3O4. The van der Waals surface area contributed by atoms with E-state index in [0.717, 1.165) is 6.07 Å². The zero-order valence-electron chi connectivity index (χ0n) is 10.3. The average molecular weight is 281 g/mol. The lowest BCUT2D eigenvalue weighted by Crippen LogP contribution is -2.39. The Morgan fingerprint density at radius 2 is 2.10 bits per heavy atom. The maximum Gasteiger partial charge on any atom is 0.244 e. The minimum atomic E-state index is -1.34. The Morgan fingerprint density at radius 1 is 1.45 bits per heavy atom. The maximum atomic E-state index is 13.6. The van der Waals surface area contributed by atoms with Crippen LogP contribution in [-0.4, -0.2) is 22.8 Å². The molecule has 0 unspecified atom stereocenters. The Labute approximate surface area is 113 Å². The van der Waals surface area contributed by atoms with Gasteiger partial charge in [0.2, 0.25) is 17.9 Å². The zero-order chi connectivity index (χ0) is 14.9. The number of hydrogen-bond acceptors (Lipinski definition) is 4. The zero-order valence-corrected chi connectivity index (χ0v) is 10.3. The number of halogens is 1. The first-order valence-electron chi connectivity index (χ1n) is 5.89. The van der Waals surface area contributed by atoms with Crippen LogP contribution in [0.4, 0.5) is 4.39 Å². The SMILES string of the molecule is NC(=O)[C@H](NC(=O)[C@@H]1C[C@@H]1[N+](=O)[O-])c1ccccc1F. The summed E-state index contributed by atoms with van der Waals surface area (Å²) in [5.74, 6) is -3.07. The molecule has 1 aromatic rings. The van der Waals surface area contributed by atoms with Crippen LogP contribution in [0.5, 0.6) is 0 Å². The first-order chi connectivity index (χ1) is 9.41. The van der Waals surface area contributed by atoms with Gasteiger partial charge in [0.1, 0.15) is 17.8 Å². The Balaban J connectivity index is 2.12. The fourth-order valence-electron chi connectivity index (χ4n) is 1.96. The van der Waals surface area contributed by atoms with E-state index in [1.807, 2.05) is 0 Å². The first kappa shape index (κ1) is 13.9. The number of nitrogens with two attached hydrogens (primary N) is 1. The maximum absolute atomic E-state index is 13.6. The molecule has 2 rings (SSSR count). The number of nitrogens with one attached hydrogen (secondary N) is 1. The molecule has 8 heteroatoms. The molecule has 7 nitrogen and oxygen atoms in total. The van der Waals surface area contributed by atoms with Gasteiger partial charge in [0.15, 0.2) is 0 Å². The summed E-state index contributed by atoms with van der Waals surface area (Å²) < 4.78 is 13.6. The molecule has 0 bridgehead atoms. The second-order valence-corrected chi connectivity index (χ2v) is 4.56. The molecular weight excluding hydrogens is 269 g/mol. The van der Waals surface area contributed by atoms with Gasteiger partial charge in [-0.15, -0.1) is 0 Å². The highest BCUT2D eigenvalue weighted by atomic mass is 19.1. The van der Waals surface area contributed by atoms with Gasteiger partial charge in [-0.2, -0.15) is 0 Å². The Hall–Kier alpha value is -2.51. The molecule has 2 amide bonds. The van der Waals surface area contributed by atoms with E-state index in [-0.39, 0.29) is 12.0 Å². The van der Waals surface area contributed by atoms with Gasteiger partial charge >= 0.3 is 0 Å². The van der Waals surface area contributed by atoms with Gasteiger partial charge in [-0.25, -0.2) is 4.39 Å². The lowest BCUT2D eigenvalue weighted by atomic mass is 10.1. The van der Waals surface area contributed by atoms with Crippen LogP contribution in [0, 0.1) is 21.8 Å². The third-order valence-electron chi connectivity index (χ3n) is 3.15. The monoisotopic (exact) mass is 281 g/mol. The van der Waals surface area contributed by atoms with Gasteiger partial charge in [-0.1, -0.05) is 18.2 Å². The molecule has 0 spiro atoms. The molecule has 0 saturated heterocycles. The van der Waals surface area contributed by atoms with Gasteiger partial charge in [0, 0.05) is 16.9 Å². The summed E-state index contributed by atoms with van der Waals surface area (Å²) >= 11 is 0. The molecule has 106 valence electrons. The number of nitrogens with zero attached hydrogens (tertiary/aromatic N) is 1. The van der Waals surface area contributed by atoms with Crippen LogP contribution < -0.4 is 11.1 Å². The smallest absolute Gasteiger partial charge is 0.244 e. The van der Waals surface area contributed by atoms with Gasteiger partial charge in [0.25, 0.3) is 0 Å². The second kappa shape index (κ2) is 5.24. The van der Waals surface area contributed by atoms with E-state index >= 15 is 0 Å². The molecule has 0 radical (unpaired) electrons. The van der Waals surface area contributed by atoms with E-state index in [2.05, 4.69) is 5.32 Å². The van der Waals surface area contributed by atoms with Crippen molar-refractivity contribution in [2.24, 2.45) is 11.7 Å². The largest absolute Gasteiger partial charge is 0.368 e. The van der Waals surface area contributed by atoms with Crippen molar-refractivity contribution in [1.82, 2.24) is 5.32 Å². The minimum absolute atomic E-state index is 0.0633. The van der Waals surface area contributed by atoms with Crippen molar-refractivity contribution in [3.05, 3.63) is 45.8 Å². The number of carbonyl (C=O) groups is 2. The van der Waals surface area contributed by atoms with Crippen molar-refractivity contribution in [3.63, 3.8) is 0 Å². The van der Waals surface area contributed by atoms with Crippen molar-refractivity contribution in [3.8, 4) is 0 Å². The number of rotatable bonds is 5. The average Bonchev–Trinajstić information content (AvgIpc) is 3.16. The highest BCUT2D eigenvalue weighted by Crippen LogP contribution is 2.33. The lowest BCUT2D eigenvalue weighted by Gasteiger charge is -2.16. The number of hydrogen-bond donors (Lipinski definition) is 2. The topological polar surface area (TPSA) is 115 Å². The third kappa shape index (κ3) is 2.73. The van der Waals surface area contributed by atoms with Crippen LogP contribution >= 0.6 is 0 Å². The van der Waals surface area contributed by atoms with Crippen LogP contribution in [0.2, 0.25) is 0 Å². The summed E-state index contributed by atoms with van der Waals surface area (Å²) in [6.45, 7) is 0. The number of carbonyl (C=O) groups excluding carboxylic acids is 2. The highest BCUT2D eigenvalue weighted by molar-refractivity contribution is 5.89. The molecule has 3 N–H and O–H groups in total. The van der Waals surface area contributed by atoms with E-state index in [1.54, 1.807) is 0 Å². The fourth-order valence-corrected chi connectivity index (χ4v) is 1.96. The van der Waals surface area contributed by atoms with Crippen LogP contribution in [0.25, 0.3) is 0 Å². The number of nitro groups is 1. The van der Waals surface area contributed by atoms with Crippen molar-refractivity contribution >= 4 is 11.8 Å². The molecule has 1 fully saturated rings. The van der Waals surface area contributed by atoms with E-state index in [0.29, 0.717) is 0 Å². The third-order valence-corrected chi connectivity index (χ3v) is 3.15. The summed E-state index contributed by atoms with van der Waals surface area (Å²) in [7, 11) is 0. The number of benzene rings is 1. The summed E-state index contributed by atoms with van der Waals surface area (Å²) in [5.41, 5.74) is 5.08. The summed E-state index contributed by atoms with van der Waals surface area (Å²) in [5, 5.41) is 12.8. The van der Waals surface area contributed by atoms with Crippen LogP contribution in [0.1, 0.15) is 18.0 Å². The molecule has 0 aliphatic heterocycles. The fraction of sp³-hybridized carbons (Fsp3) is 0.333. The van der Waals surface area contributed by atoms with E-state index in [1.165, 1.54) is 18.2 Å². The standard InChI is InChI=1S/C12H12FN3O4/c13-8-4-2-1-3-6(8)10(11(14)17)15-12(18)7-5-9(7)16(19)20/h1-4,7,9-10H,5H2,(H2,14,17)(H,15,18)/t7-,9+,10-/m1/s1. The molecule has 1 aliphatic carbocycles. The van der Waals surface area contributed by atoms with Gasteiger partial charge in [-0.05, 0) is 6.07 Å². The van der Waals surface area contributed by atoms with Crippen molar-refractivity contribution in [2.45, 2.75) is 18.5 Å². The Bertz CT molecular complexity index is 578. The van der Waals surface area contributed by atoms with Crippen molar-refractivity contribution in [1.29, 1.82) is 0 Å². The molecule has 0 heterocycles. The van der Waals surface area contributed by atoms with Gasteiger partial charge in [-0.3, -0.25) is 19.7 Å². The molecule has 20 heavy (non-hydrogen) atoms. The van der Waals surface area contributed by atoms with Gasteiger partial charge in [0.05, 0.1) is 0 Å². The number of amides is 2. The molecule has 3 atom stereocenters. The predicted molar refractivity (Wildman–Crippen MR) is 65.4 cm³/mol. The van der Waals surface area contributed by atoms with E-state index < -0.39 is 40.6 Å². The number of primary amides is 1. The first-order valence-corrected chi connectivity index (χ1v) is 5.89. The quantitative estimate of drug-likeness (QED) is 0.589. The van der Waals surface area contributed by atoms with E-state index in [9.17, 15) is 24.1 Å². The molecule has 0 aromatic heterocycles. The summed E-state index contributed by atoms with van der Waals surface area (Å²) in [6, 6.07) is 3.11. The van der Waals surface area contributed by atoms with E-state index in [4.69, 9.17) is 5.73 Å². The molecule has 1 saturated carbocycles. The van der Waals surface area contributed by atoms with Crippen molar-refractivity contribution < 1.29 is 18.9 Å². The minimum Gasteiger partial charge on any atom is -0.368 e.